The number of ether oxygens (including phenoxy) is 2. The molecule has 1 fully saturated rings. The monoisotopic (exact) mass is 625 g/mol. The van der Waals surface area contributed by atoms with Gasteiger partial charge >= 0.3 is 0 Å². The Morgan fingerprint density at radius 3 is 2.25 bits per heavy atom. The average Bonchev–Trinajstić information content (AvgIpc) is 3.03. The first-order chi connectivity index (χ1) is 21.0. The van der Waals surface area contributed by atoms with Gasteiger partial charge in [0.2, 0.25) is 11.8 Å². The van der Waals surface area contributed by atoms with Crippen molar-refractivity contribution in [3.8, 4) is 11.5 Å². The molecule has 0 saturated heterocycles. The third kappa shape index (κ3) is 7.68. The highest BCUT2D eigenvalue weighted by Crippen LogP contribution is 2.34. The Morgan fingerprint density at radius 1 is 0.955 bits per heavy atom. The van der Waals surface area contributed by atoms with E-state index < -0.39 is 34.3 Å². The standard InChI is InChI=1S/C33H40FN3O6S/c1-23-14-17-28(18-15-23)44(40,41)37(27-16-19-30(42-3)31(20-27)43-4)22-32(38)36(21-25-10-8-9-13-29(25)34)24(2)33(39)35-26-11-6-5-7-12-26/h8-10,13-20,24,26H,5-7,11-12,21-22H2,1-4H3,(H,35,39)/t24-/m0/s1. The highest BCUT2D eigenvalue weighted by atomic mass is 32.2. The van der Waals surface area contributed by atoms with Crippen LogP contribution < -0.4 is 19.1 Å². The number of rotatable bonds is 12. The molecule has 1 saturated carbocycles. The summed E-state index contributed by atoms with van der Waals surface area (Å²) in [6, 6.07) is 15.8. The number of hydrogen-bond acceptors (Lipinski definition) is 6. The number of sulfonamides is 1. The Labute approximate surface area is 259 Å². The molecule has 1 atom stereocenters. The lowest BCUT2D eigenvalue weighted by molar-refractivity contribution is -0.139. The summed E-state index contributed by atoms with van der Waals surface area (Å²) in [5.41, 5.74) is 1.23. The maximum Gasteiger partial charge on any atom is 0.264 e. The van der Waals surface area contributed by atoms with Gasteiger partial charge < -0.3 is 19.7 Å². The smallest absolute Gasteiger partial charge is 0.264 e. The van der Waals surface area contributed by atoms with Crippen molar-refractivity contribution < 1.29 is 31.9 Å². The first kappa shape index (κ1) is 32.8. The molecule has 1 N–H and O–H groups in total. The van der Waals surface area contributed by atoms with Crippen LogP contribution in [-0.2, 0) is 26.2 Å². The number of anilines is 1. The molecular formula is C33H40FN3O6S. The maximum atomic E-state index is 14.8. The van der Waals surface area contributed by atoms with E-state index in [1.165, 1.54) is 61.6 Å². The van der Waals surface area contributed by atoms with Gasteiger partial charge in [-0.15, -0.1) is 0 Å². The number of hydrogen-bond donors (Lipinski definition) is 1. The van der Waals surface area contributed by atoms with Crippen molar-refractivity contribution in [1.82, 2.24) is 10.2 Å². The minimum atomic E-state index is -4.28. The van der Waals surface area contributed by atoms with E-state index >= 15 is 0 Å². The molecule has 236 valence electrons. The molecule has 11 heteroatoms. The predicted molar refractivity (Wildman–Crippen MR) is 167 cm³/mol. The van der Waals surface area contributed by atoms with Crippen LogP contribution >= 0.6 is 0 Å². The van der Waals surface area contributed by atoms with E-state index in [0.717, 1.165) is 42.0 Å². The van der Waals surface area contributed by atoms with Crippen molar-refractivity contribution in [2.45, 2.75) is 69.5 Å². The summed E-state index contributed by atoms with van der Waals surface area (Å²) in [5.74, 6) is -0.936. The van der Waals surface area contributed by atoms with Crippen LogP contribution in [0.3, 0.4) is 0 Å². The summed E-state index contributed by atoms with van der Waals surface area (Å²) in [7, 11) is -1.39. The molecule has 1 aliphatic carbocycles. The van der Waals surface area contributed by atoms with E-state index in [-0.39, 0.29) is 40.4 Å². The quantitative estimate of drug-likeness (QED) is 0.296. The molecule has 1 aliphatic rings. The summed E-state index contributed by atoms with van der Waals surface area (Å²) >= 11 is 0. The van der Waals surface area contributed by atoms with Crippen molar-refractivity contribution in [2.24, 2.45) is 0 Å². The second kappa shape index (κ2) is 14.6. The molecule has 2 amide bonds. The summed E-state index contributed by atoms with van der Waals surface area (Å²) in [5, 5.41) is 3.04. The fraction of sp³-hybridized carbons (Fsp3) is 0.394. The van der Waals surface area contributed by atoms with Crippen molar-refractivity contribution in [1.29, 1.82) is 0 Å². The predicted octanol–water partition coefficient (Wildman–Crippen LogP) is 5.21. The van der Waals surface area contributed by atoms with Gasteiger partial charge in [-0.05, 0) is 57.0 Å². The first-order valence-corrected chi connectivity index (χ1v) is 16.1. The number of methoxy groups -OCH3 is 2. The normalized spacial score (nSPS) is 14.4. The lowest BCUT2D eigenvalue weighted by Gasteiger charge is -2.33. The van der Waals surface area contributed by atoms with E-state index in [0.29, 0.717) is 5.75 Å². The Kier molecular flexibility index (Phi) is 10.9. The van der Waals surface area contributed by atoms with Crippen LogP contribution in [0, 0.1) is 12.7 Å². The van der Waals surface area contributed by atoms with E-state index in [4.69, 9.17) is 9.47 Å². The van der Waals surface area contributed by atoms with Gasteiger partial charge in [0, 0.05) is 24.2 Å². The van der Waals surface area contributed by atoms with Crippen LogP contribution in [0.2, 0.25) is 0 Å². The van der Waals surface area contributed by atoms with Crippen LogP contribution in [0.5, 0.6) is 11.5 Å². The van der Waals surface area contributed by atoms with Gasteiger partial charge in [0.25, 0.3) is 10.0 Å². The summed E-state index contributed by atoms with van der Waals surface area (Å²) in [4.78, 5) is 28.8. The molecule has 4 rings (SSSR count). The Hall–Kier alpha value is -4.12. The van der Waals surface area contributed by atoms with Crippen LogP contribution in [0.25, 0.3) is 0 Å². The van der Waals surface area contributed by atoms with Crippen LogP contribution in [0.15, 0.2) is 71.6 Å². The number of carbonyl (C=O) groups is 2. The SMILES string of the molecule is COc1ccc(N(CC(=O)N(Cc2ccccc2F)[C@@H](C)C(=O)NC2CCCCC2)S(=O)(=O)c2ccc(C)cc2)cc1OC. The minimum absolute atomic E-state index is 0.00529. The molecule has 0 radical (unpaired) electrons. The summed E-state index contributed by atoms with van der Waals surface area (Å²) in [6.45, 7) is 2.54. The fourth-order valence-corrected chi connectivity index (χ4v) is 6.71. The molecule has 0 spiro atoms. The number of nitrogens with one attached hydrogen (secondary N) is 1. The molecule has 44 heavy (non-hydrogen) atoms. The second-order valence-corrected chi connectivity index (χ2v) is 12.9. The van der Waals surface area contributed by atoms with Gasteiger partial charge in [-0.2, -0.15) is 0 Å². The minimum Gasteiger partial charge on any atom is -0.493 e. The molecule has 0 bridgehead atoms. The van der Waals surface area contributed by atoms with Crippen molar-refractivity contribution >= 4 is 27.5 Å². The molecule has 9 nitrogen and oxygen atoms in total. The highest BCUT2D eigenvalue weighted by Gasteiger charge is 2.34. The summed E-state index contributed by atoms with van der Waals surface area (Å²) < 4.78 is 54.7. The van der Waals surface area contributed by atoms with E-state index in [1.807, 2.05) is 6.92 Å². The van der Waals surface area contributed by atoms with Gasteiger partial charge in [-0.25, -0.2) is 12.8 Å². The zero-order valence-electron chi connectivity index (χ0n) is 25.6. The number of halogens is 1. The Bertz CT molecular complexity index is 1560. The Balaban J connectivity index is 1.73. The Morgan fingerprint density at radius 2 is 1.61 bits per heavy atom. The number of benzene rings is 3. The lowest BCUT2D eigenvalue weighted by Crippen LogP contribution is -2.53. The fourth-order valence-electron chi connectivity index (χ4n) is 5.31. The number of aryl methyl sites for hydroxylation is 1. The van der Waals surface area contributed by atoms with Crippen LogP contribution in [0.4, 0.5) is 10.1 Å². The van der Waals surface area contributed by atoms with Gasteiger partial charge in [-0.3, -0.25) is 13.9 Å². The molecule has 0 aromatic heterocycles. The number of nitrogens with zero attached hydrogens (tertiary/aromatic N) is 2. The van der Waals surface area contributed by atoms with Crippen LogP contribution in [0.1, 0.15) is 50.2 Å². The topological polar surface area (TPSA) is 105 Å². The van der Waals surface area contributed by atoms with Gasteiger partial charge in [0.05, 0.1) is 24.8 Å². The molecule has 3 aromatic rings. The first-order valence-electron chi connectivity index (χ1n) is 14.7. The molecule has 0 unspecified atom stereocenters. The van der Waals surface area contributed by atoms with Gasteiger partial charge in [-0.1, -0.05) is 55.2 Å². The van der Waals surface area contributed by atoms with Crippen molar-refractivity contribution in [3.05, 3.63) is 83.7 Å². The maximum absolute atomic E-state index is 14.8. The highest BCUT2D eigenvalue weighted by molar-refractivity contribution is 7.92. The van der Waals surface area contributed by atoms with Crippen molar-refractivity contribution in [2.75, 3.05) is 25.1 Å². The van der Waals surface area contributed by atoms with Crippen LogP contribution in [-0.4, -0.2) is 58.0 Å². The second-order valence-electron chi connectivity index (χ2n) is 11.0. The molecular weight excluding hydrogens is 585 g/mol. The third-order valence-electron chi connectivity index (χ3n) is 7.96. The third-order valence-corrected chi connectivity index (χ3v) is 9.75. The zero-order chi connectivity index (χ0) is 31.9. The van der Waals surface area contributed by atoms with Gasteiger partial charge in [0.1, 0.15) is 18.4 Å². The van der Waals surface area contributed by atoms with E-state index in [2.05, 4.69) is 5.32 Å². The summed E-state index contributed by atoms with van der Waals surface area (Å²) in [6.07, 6.45) is 4.83. The number of carbonyl (C=O) groups excluding carboxylic acids is 2. The lowest BCUT2D eigenvalue weighted by atomic mass is 9.95. The molecule has 0 heterocycles. The molecule has 3 aromatic carbocycles. The van der Waals surface area contributed by atoms with Crippen molar-refractivity contribution in [3.63, 3.8) is 0 Å². The molecule has 0 aliphatic heterocycles. The number of amides is 2. The zero-order valence-corrected chi connectivity index (χ0v) is 26.4. The van der Waals surface area contributed by atoms with E-state index in [1.54, 1.807) is 31.2 Å². The average molecular weight is 626 g/mol. The van der Waals surface area contributed by atoms with E-state index in [9.17, 15) is 22.4 Å². The van der Waals surface area contributed by atoms with Gasteiger partial charge in [0.15, 0.2) is 11.5 Å². The largest absolute Gasteiger partial charge is 0.493 e.